The second-order valence-electron chi connectivity index (χ2n) is 8.95. The lowest BCUT2D eigenvalue weighted by atomic mass is 10.0. The Bertz CT molecular complexity index is 638. The van der Waals surface area contributed by atoms with Gasteiger partial charge in [0, 0.05) is 6.42 Å². The van der Waals surface area contributed by atoms with E-state index < -0.39 is 0 Å². The van der Waals surface area contributed by atoms with Crippen molar-refractivity contribution >= 4 is 10.8 Å². The molecule has 27 heavy (non-hydrogen) atoms. The molecule has 0 spiro atoms. The molecule has 0 fully saturated rings. The largest absolute Gasteiger partial charge is 0.328 e. The van der Waals surface area contributed by atoms with Gasteiger partial charge >= 0.3 is 0 Å². The molecule has 0 aliphatic heterocycles. The van der Waals surface area contributed by atoms with E-state index in [1.165, 1.54) is 100 Å². The molecule has 2 aromatic rings. The van der Waals surface area contributed by atoms with Crippen LogP contribution in [0.2, 0.25) is 0 Å². The Kier molecular flexibility index (Phi) is 9.91. The summed E-state index contributed by atoms with van der Waals surface area (Å²) in [6.07, 6.45) is 15.4. The van der Waals surface area contributed by atoms with Gasteiger partial charge in [0.25, 0.3) is 0 Å². The van der Waals surface area contributed by atoms with Crippen LogP contribution in [0.5, 0.6) is 0 Å². The molecule has 2 rings (SSSR count). The molecule has 0 radical (unpaired) electrons. The van der Waals surface area contributed by atoms with Crippen molar-refractivity contribution in [3.63, 3.8) is 0 Å². The van der Waals surface area contributed by atoms with Crippen LogP contribution in [0.1, 0.15) is 76.7 Å². The van der Waals surface area contributed by atoms with E-state index in [9.17, 15) is 0 Å². The Labute approximate surface area is 168 Å². The second-order valence-corrected chi connectivity index (χ2v) is 8.95. The highest BCUT2D eigenvalue weighted by Gasteiger charge is 2.15. The summed E-state index contributed by atoms with van der Waals surface area (Å²) in [6, 6.07) is 15.5. The first-order chi connectivity index (χ1) is 13.1. The number of likely N-dealkylation sites (N-methyl/N-ethyl adjacent to an activating group) is 1. The van der Waals surface area contributed by atoms with E-state index in [0.29, 0.717) is 0 Å². The molecule has 2 aromatic carbocycles. The highest BCUT2D eigenvalue weighted by molar-refractivity contribution is 5.85. The summed E-state index contributed by atoms with van der Waals surface area (Å²) < 4.78 is 1.14. The first-order valence-electron chi connectivity index (χ1n) is 11.4. The van der Waals surface area contributed by atoms with Crippen LogP contribution >= 0.6 is 0 Å². The molecular formula is C26H42N+. The van der Waals surface area contributed by atoms with Crippen molar-refractivity contribution in [2.24, 2.45) is 0 Å². The molecule has 0 bridgehead atoms. The molecule has 0 amide bonds. The molecule has 1 nitrogen and oxygen atoms in total. The van der Waals surface area contributed by atoms with Crippen LogP contribution in [0, 0.1) is 0 Å². The quantitative estimate of drug-likeness (QED) is 0.241. The molecule has 0 heterocycles. The number of quaternary nitrogens is 1. The van der Waals surface area contributed by atoms with Gasteiger partial charge in [-0.1, -0.05) is 101 Å². The Balaban J connectivity index is 1.61. The summed E-state index contributed by atoms with van der Waals surface area (Å²) in [7, 11) is 4.80. The zero-order valence-corrected chi connectivity index (χ0v) is 18.2. The van der Waals surface area contributed by atoms with E-state index in [-0.39, 0.29) is 0 Å². The molecule has 0 saturated carbocycles. The van der Waals surface area contributed by atoms with Gasteiger partial charge in [-0.25, -0.2) is 0 Å². The Morgan fingerprint density at radius 1 is 0.630 bits per heavy atom. The third kappa shape index (κ3) is 8.47. The standard InChI is InChI=1S/C26H42N/c1-4-5-6-7-8-9-10-11-12-15-22-27(2,3)23-21-25-19-16-18-24-17-13-14-20-26(24)25/h13-14,16-20H,4-12,15,21-23H2,1-3H3/q+1. The van der Waals surface area contributed by atoms with Crippen molar-refractivity contribution in [3.05, 3.63) is 48.0 Å². The maximum absolute atomic E-state index is 2.40. The average molecular weight is 369 g/mol. The summed E-state index contributed by atoms with van der Waals surface area (Å²) in [5.74, 6) is 0. The van der Waals surface area contributed by atoms with Gasteiger partial charge < -0.3 is 4.48 Å². The van der Waals surface area contributed by atoms with Gasteiger partial charge in [-0.3, -0.25) is 0 Å². The van der Waals surface area contributed by atoms with Gasteiger partial charge in [0.05, 0.1) is 27.2 Å². The summed E-state index contributed by atoms with van der Waals surface area (Å²) >= 11 is 0. The van der Waals surface area contributed by atoms with Gasteiger partial charge in [0.15, 0.2) is 0 Å². The van der Waals surface area contributed by atoms with E-state index in [2.05, 4.69) is 63.5 Å². The third-order valence-corrected chi connectivity index (χ3v) is 5.98. The predicted molar refractivity (Wildman–Crippen MR) is 121 cm³/mol. The maximum Gasteiger partial charge on any atom is 0.0823 e. The van der Waals surface area contributed by atoms with E-state index in [1.54, 1.807) is 0 Å². The van der Waals surface area contributed by atoms with E-state index in [0.717, 1.165) is 4.48 Å². The summed E-state index contributed by atoms with van der Waals surface area (Å²) in [6.45, 7) is 4.83. The van der Waals surface area contributed by atoms with Crippen molar-refractivity contribution in [2.75, 3.05) is 27.2 Å². The van der Waals surface area contributed by atoms with Crippen molar-refractivity contribution in [1.82, 2.24) is 0 Å². The lowest BCUT2D eigenvalue weighted by Crippen LogP contribution is -2.42. The molecule has 1 heteroatoms. The van der Waals surface area contributed by atoms with E-state index in [1.807, 2.05) is 0 Å². The molecule has 150 valence electrons. The smallest absolute Gasteiger partial charge is 0.0823 e. The molecule has 0 aliphatic carbocycles. The van der Waals surface area contributed by atoms with E-state index in [4.69, 9.17) is 0 Å². The van der Waals surface area contributed by atoms with Crippen molar-refractivity contribution in [1.29, 1.82) is 0 Å². The summed E-state index contributed by atoms with van der Waals surface area (Å²) in [5.41, 5.74) is 1.50. The SMILES string of the molecule is CCCCCCCCCCCC[N+](C)(C)CCc1cccc2ccccc12. The summed E-state index contributed by atoms with van der Waals surface area (Å²) in [4.78, 5) is 0. The molecular weight excluding hydrogens is 326 g/mol. The van der Waals surface area contributed by atoms with Crippen molar-refractivity contribution < 1.29 is 4.48 Å². The third-order valence-electron chi connectivity index (χ3n) is 5.98. The number of fused-ring (bicyclic) bond motifs is 1. The number of nitrogens with zero attached hydrogens (tertiary/aromatic N) is 1. The Hall–Kier alpha value is -1.34. The second kappa shape index (κ2) is 12.2. The maximum atomic E-state index is 2.40. The minimum atomic E-state index is 1.14. The molecule has 0 aliphatic rings. The lowest BCUT2D eigenvalue weighted by Gasteiger charge is -2.30. The number of hydrogen-bond donors (Lipinski definition) is 0. The van der Waals surface area contributed by atoms with Crippen molar-refractivity contribution in [3.8, 4) is 0 Å². The normalized spacial score (nSPS) is 12.0. The Morgan fingerprint density at radius 3 is 1.93 bits per heavy atom. The van der Waals surface area contributed by atoms with Gasteiger partial charge in [-0.15, -0.1) is 0 Å². The van der Waals surface area contributed by atoms with Crippen LogP contribution in [0.25, 0.3) is 10.8 Å². The highest BCUT2D eigenvalue weighted by atomic mass is 15.3. The molecule has 0 unspecified atom stereocenters. The zero-order valence-electron chi connectivity index (χ0n) is 18.2. The zero-order chi connectivity index (χ0) is 19.4. The number of benzene rings is 2. The summed E-state index contributed by atoms with van der Waals surface area (Å²) in [5, 5.41) is 2.80. The number of unbranched alkanes of at least 4 members (excludes halogenated alkanes) is 9. The van der Waals surface area contributed by atoms with Gasteiger partial charge in [0.1, 0.15) is 0 Å². The van der Waals surface area contributed by atoms with Crippen LogP contribution in [-0.4, -0.2) is 31.7 Å². The van der Waals surface area contributed by atoms with Gasteiger partial charge in [-0.05, 0) is 29.2 Å². The van der Waals surface area contributed by atoms with Crippen LogP contribution in [-0.2, 0) is 6.42 Å². The average Bonchev–Trinajstić information content (AvgIpc) is 2.68. The topological polar surface area (TPSA) is 0 Å². The fourth-order valence-electron chi connectivity index (χ4n) is 4.07. The highest BCUT2D eigenvalue weighted by Crippen LogP contribution is 2.20. The minimum Gasteiger partial charge on any atom is -0.328 e. The predicted octanol–water partition coefficient (Wildman–Crippen LogP) is 7.38. The van der Waals surface area contributed by atoms with Gasteiger partial charge in [0.2, 0.25) is 0 Å². The lowest BCUT2D eigenvalue weighted by molar-refractivity contribution is -0.890. The minimum absolute atomic E-state index is 1.14. The van der Waals surface area contributed by atoms with E-state index >= 15 is 0 Å². The molecule has 0 saturated heterocycles. The van der Waals surface area contributed by atoms with Crippen LogP contribution in [0.4, 0.5) is 0 Å². The van der Waals surface area contributed by atoms with Crippen LogP contribution in [0.15, 0.2) is 42.5 Å². The molecule has 0 aromatic heterocycles. The first kappa shape index (κ1) is 22.0. The van der Waals surface area contributed by atoms with Crippen LogP contribution < -0.4 is 0 Å². The fourth-order valence-corrected chi connectivity index (χ4v) is 4.07. The number of hydrogen-bond acceptors (Lipinski definition) is 0. The number of rotatable bonds is 14. The monoisotopic (exact) mass is 368 g/mol. The Morgan fingerprint density at radius 2 is 1.22 bits per heavy atom. The molecule has 0 N–H and O–H groups in total. The fraction of sp³-hybridized carbons (Fsp3) is 0.615. The first-order valence-corrected chi connectivity index (χ1v) is 11.4. The van der Waals surface area contributed by atoms with Crippen LogP contribution in [0.3, 0.4) is 0 Å². The molecule has 0 atom stereocenters. The van der Waals surface area contributed by atoms with Gasteiger partial charge in [-0.2, -0.15) is 0 Å². The van der Waals surface area contributed by atoms with Crippen molar-refractivity contribution in [2.45, 2.75) is 77.6 Å².